The van der Waals surface area contributed by atoms with Crippen molar-refractivity contribution >= 4 is 0 Å². The van der Waals surface area contributed by atoms with E-state index in [1.54, 1.807) is 13.2 Å². The van der Waals surface area contributed by atoms with Crippen molar-refractivity contribution in [2.45, 2.75) is 19.4 Å². The van der Waals surface area contributed by atoms with Crippen LogP contribution in [0.1, 0.15) is 17.5 Å². The molecule has 0 unspecified atom stereocenters. The molecule has 0 spiro atoms. The summed E-state index contributed by atoms with van der Waals surface area (Å²) in [5.74, 6) is 0.341. The maximum Gasteiger partial charge on any atom is 0.119 e. The summed E-state index contributed by atoms with van der Waals surface area (Å²) in [5, 5.41) is 9.65. The molecule has 0 atom stereocenters. The van der Waals surface area contributed by atoms with Crippen LogP contribution in [-0.2, 0) is 17.8 Å². The molecule has 0 aromatic heterocycles. The second kappa shape index (κ2) is 5.62. The quantitative estimate of drug-likeness (QED) is 0.747. The molecule has 1 aromatic carbocycles. The van der Waals surface area contributed by atoms with Gasteiger partial charge in [-0.1, -0.05) is 12.1 Å². The fourth-order valence-electron chi connectivity index (χ4n) is 1.48. The molecular weight excluding hydrogens is 178 g/mol. The molecule has 0 aliphatic rings. The van der Waals surface area contributed by atoms with Gasteiger partial charge >= 0.3 is 0 Å². The van der Waals surface area contributed by atoms with E-state index in [1.807, 2.05) is 12.1 Å². The number of hydrogen-bond donors (Lipinski definition) is 2. The molecule has 0 saturated carbocycles. The molecule has 1 rings (SSSR count). The molecule has 0 radical (unpaired) electrons. The predicted octanol–water partition coefficient (Wildman–Crippen LogP) is 1.43. The van der Waals surface area contributed by atoms with Gasteiger partial charge in [0, 0.05) is 7.11 Å². The molecule has 3 nitrogen and oxygen atoms in total. The summed E-state index contributed by atoms with van der Waals surface area (Å²) in [6, 6.07) is 5.50. The molecule has 3 heteroatoms. The smallest absolute Gasteiger partial charge is 0.119 e. The van der Waals surface area contributed by atoms with E-state index in [0.717, 1.165) is 24.0 Å². The highest BCUT2D eigenvalue weighted by atomic mass is 16.5. The monoisotopic (exact) mass is 195 g/mol. The Hall–Kier alpha value is -1.06. The number of methoxy groups -OCH3 is 1. The lowest BCUT2D eigenvalue weighted by atomic mass is 10.0. The Morgan fingerprint density at radius 2 is 2.21 bits per heavy atom. The zero-order valence-corrected chi connectivity index (χ0v) is 8.49. The van der Waals surface area contributed by atoms with Crippen LogP contribution in [0, 0.1) is 0 Å². The zero-order valence-electron chi connectivity index (χ0n) is 8.49. The number of rotatable bonds is 5. The van der Waals surface area contributed by atoms with Gasteiger partial charge in [0.2, 0.25) is 0 Å². The van der Waals surface area contributed by atoms with Gasteiger partial charge in [0.05, 0.1) is 6.61 Å². The van der Waals surface area contributed by atoms with Gasteiger partial charge in [0.25, 0.3) is 0 Å². The van der Waals surface area contributed by atoms with Crippen molar-refractivity contribution in [2.24, 2.45) is 5.73 Å². The largest absolute Gasteiger partial charge is 0.508 e. The van der Waals surface area contributed by atoms with Crippen molar-refractivity contribution < 1.29 is 9.84 Å². The van der Waals surface area contributed by atoms with Crippen molar-refractivity contribution in [3.8, 4) is 5.75 Å². The van der Waals surface area contributed by atoms with Crippen LogP contribution in [0.2, 0.25) is 0 Å². The maximum absolute atomic E-state index is 9.65. The van der Waals surface area contributed by atoms with Crippen LogP contribution >= 0.6 is 0 Å². The van der Waals surface area contributed by atoms with Crippen molar-refractivity contribution in [1.82, 2.24) is 0 Å². The first-order valence-electron chi connectivity index (χ1n) is 4.78. The molecule has 14 heavy (non-hydrogen) atoms. The molecule has 0 fully saturated rings. The first-order chi connectivity index (χ1) is 6.79. The second-order valence-electron chi connectivity index (χ2n) is 3.24. The van der Waals surface area contributed by atoms with Crippen molar-refractivity contribution in [1.29, 1.82) is 0 Å². The third-order valence-electron chi connectivity index (χ3n) is 2.18. The molecule has 0 saturated heterocycles. The Kier molecular flexibility index (Phi) is 4.43. The Morgan fingerprint density at radius 3 is 2.86 bits per heavy atom. The van der Waals surface area contributed by atoms with Gasteiger partial charge in [0.1, 0.15) is 5.75 Å². The van der Waals surface area contributed by atoms with E-state index in [9.17, 15) is 5.11 Å². The number of aromatic hydroxyl groups is 1. The predicted molar refractivity (Wildman–Crippen MR) is 56.2 cm³/mol. The number of benzene rings is 1. The molecule has 0 aliphatic carbocycles. The van der Waals surface area contributed by atoms with Crippen LogP contribution in [0.25, 0.3) is 0 Å². The van der Waals surface area contributed by atoms with Crippen LogP contribution in [0.5, 0.6) is 5.75 Å². The van der Waals surface area contributed by atoms with E-state index in [1.165, 1.54) is 0 Å². The Labute approximate surface area is 84.5 Å². The number of hydrogen-bond acceptors (Lipinski definition) is 3. The molecule has 0 heterocycles. The van der Waals surface area contributed by atoms with Crippen molar-refractivity contribution in [3.05, 3.63) is 29.3 Å². The summed E-state index contributed by atoms with van der Waals surface area (Å²) in [4.78, 5) is 0. The van der Waals surface area contributed by atoms with Crippen molar-refractivity contribution in [2.75, 3.05) is 13.7 Å². The lowest BCUT2D eigenvalue weighted by Gasteiger charge is -2.10. The minimum atomic E-state index is 0.341. The van der Waals surface area contributed by atoms with Crippen LogP contribution in [0.3, 0.4) is 0 Å². The topological polar surface area (TPSA) is 55.5 Å². The number of nitrogens with two attached hydrogens (primary N) is 1. The number of phenolic OH excluding ortho intramolecular Hbond substituents is 1. The molecular formula is C11H17NO2. The maximum atomic E-state index is 9.65. The van der Waals surface area contributed by atoms with Gasteiger partial charge in [-0.05, 0) is 36.6 Å². The molecule has 0 aliphatic heterocycles. The average Bonchev–Trinajstić information content (AvgIpc) is 2.18. The number of phenols is 1. The lowest BCUT2D eigenvalue weighted by molar-refractivity contribution is 0.183. The molecule has 1 aromatic rings. The summed E-state index contributed by atoms with van der Waals surface area (Å²) in [6.45, 7) is 1.18. The SMILES string of the molecule is COCc1cccc(O)c1CCCN. The summed E-state index contributed by atoms with van der Waals surface area (Å²) in [5.41, 5.74) is 7.44. The summed E-state index contributed by atoms with van der Waals surface area (Å²) >= 11 is 0. The first-order valence-corrected chi connectivity index (χ1v) is 4.78. The van der Waals surface area contributed by atoms with Gasteiger partial charge in [-0.25, -0.2) is 0 Å². The van der Waals surface area contributed by atoms with E-state index in [-0.39, 0.29) is 0 Å². The Bertz CT molecular complexity index is 287. The summed E-state index contributed by atoms with van der Waals surface area (Å²) in [7, 11) is 1.65. The highest BCUT2D eigenvalue weighted by molar-refractivity contribution is 5.39. The van der Waals surface area contributed by atoms with Gasteiger partial charge < -0.3 is 15.6 Å². The minimum absolute atomic E-state index is 0.341. The number of ether oxygens (including phenoxy) is 1. The third-order valence-corrected chi connectivity index (χ3v) is 2.18. The fourth-order valence-corrected chi connectivity index (χ4v) is 1.48. The Balaban J connectivity index is 2.84. The standard InChI is InChI=1S/C11H17NO2/c1-14-8-9-4-2-6-11(13)10(9)5-3-7-12/h2,4,6,13H,3,5,7-8,12H2,1H3. The van der Waals surface area contributed by atoms with Gasteiger partial charge in [0.15, 0.2) is 0 Å². The first kappa shape index (κ1) is 11.0. The highest BCUT2D eigenvalue weighted by Gasteiger charge is 2.06. The zero-order chi connectivity index (χ0) is 10.4. The summed E-state index contributed by atoms with van der Waals surface area (Å²) < 4.78 is 5.06. The van der Waals surface area contributed by atoms with Gasteiger partial charge in [-0.2, -0.15) is 0 Å². The highest BCUT2D eigenvalue weighted by Crippen LogP contribution is 2.22. The van der Waals surface area contributed by atoms with E-state index in [2.05, 4.69) is 0 Å². The van der Waals surface area contributed by atoms with Gasteiger partial charge in [-0.15, -0.1) is 0 Å². The minimum Gasteiger partial charge on any atom is -0.508 e. The van der Waals surface area contributed by atoms with Crippen LogP contribution < -0.4 is 5.73 Å². The molecule has 3 N–H and O–H groups in total. The molecule has 78 valence electrons. The molecule has 0 amide bonds. The fraction of sp³-hybridized carbons (Fsp3) is 0.455. The van der Waals surface area contributed by atoms with Crippen molar-refractivity contribution in [3.63, 3.8) is 0 Å². The van der Waals surface area contributed by atoms with E-state index in [4.69, 9.17) is 10.5 Å². The normalized spacial score (nSPS) is 10.4. The Morgan fingerprint density at radius 1 is 1.43 bits per heavy atom. The van der Waals surface area contributed by atoms with E-state index >= 15 is 0 Å². The molecule has 0 bridgehead atoms. The van der Waals surface area contributed by atoms with Crippen LogP contribution in [-0.4, -0.2) is 18.8 Å². The van der Waals surface area contributed by atoms with E-state index in [0.29, 0.717) is 18.9 Å². The summed E-state index contributed by atoms with van der Waals surface area (Å²) in [6.07, 6.45) is 1.69. The van der Waals surface area contributed by atoms with Crippen LogP contribution in [0.15, 0.2) is 18.2 Å². The average molecular weight is 195 g/mol. The van der Waals surface area contributed by atoms with Crippen LogP contribution in [0.4, 0.5) is 0 Å². The van der Waals surface area contributed by atoms with E-state index < -0.39 is 0 Å². The third kappa shape index (κ3) is 2.72. The lowest BCUT2D eigenvalue weighted by Crippen LogP contribution is -2.03. The van der Waals surface area contributed by atoms with Gasteiger partial charge in [-0.3, -0.25) is 0 Å². The second-order valence-corrected chi connectivity index (χ2v) is 3.24.